The molecule has 1 rings (SSSR count). The van der Waals surface area contributed by atoms with Crippen molar-refractivity contribution < 1.29 is 4.74 Å². The summed E-state index contributed by atoms with van der Waals surface area (Å²) in [4.78, 5) is 0. The summed E-state index contributed by atoms with van der Waals surface area (Å²) in [7, 11) is 1.78. The second-order valence-corrected chi connectivity index (χ2v) is 7.00. The first-order valence-electron chi connectivity index (χ1n) is 5.84. The van der Waals surface area contributed by atoms with Gasteiger partial charge in [0.05, 0.1) is 5.60 Å². The van der Waals surface area contributed by atoms with Crippen LogP contribution in [-0.4, -0.2) is 29.3 Å². The Labute approximate surface area is 98.3 Å². The molecule has 1 aliphatic rings. The Kier molecular flexibility index (Phi) is 4.50. The molecule has 1 heterocycles. The predicted octanol–water partition coefficient (Wildman–Crippen LogP) is 2.80. The summed E-state index contributed by atoms with van der Waals surface area (Å²) in [5.74, 6) is 1.28. The van der Waals surface area contributed by atoms with E-state index in [2.05, 4.69) is 20.8 Å². The molecule has 2 unspecified atom stereocenters. The summed E-state index contributed by atoms with van der Waals surface area (Å²) < 4.78 is 5.73. The third kappa shape index (κ3) is 3.65. The summed E-state index contributed by atoms with van der Waals surface area (Å²) in [6.45, 7) is 6.57. The molecule has 0 aromatic rings. The van der Waals surface area contributed by atoms with Gasteiger partial charge in [0, 0.05) is 17.9 Å². The van der Waals surface area contributed by atoms with E-state index in [4.69, 9.17) is 10.5 Å². The molecule has 0 amide bonds. The first kappa shape index (κ1) is 13.3. The van der Waals surface area contributed by atoms with Crippen molar-refractivity contribution in [1.82, 2.24) is 0 Å². The Morgan fingerprint density at radius 1 is 1.53 bits per heavy atom. The van der Waals surface area contributed by atoms with E-state index in [1.165, 1.54) is 18.6 Å². The van der Waals surface area contributed by atoms with Crippen LogP contribution in [0.5, 0.6) is 0 Å². The molecule has 2 nitrogen and oxygen atoms in total. The highest BCUT2D eigenvalue weighted by atomic mass is 32.2. The van der Waals surface area contributed by atoms with Gasteiger partial charge in [0.2, 0.25) is 0 Å². The SMILES string of the molecule is COC(C)(C)CCC(N)C1(C)CCCS1. The lowest BCUT2D eigenvalue weighted by Gasteiger charge is -2.33. The summed E-state index contributed by atoms with van der Waals surface area (Å²) in [5, 5.41) is 0. The third-order valence-corrected chi connectivity index (χ3v) is 5.30. The fourth-order valence-corrected chi connectivity index (χ4v) is 3.38. The number of ether oxygens (including phenoxy) is 1. The number of thioether (sulfide) groups is 1. The van der Waals surface area contributed by atoms with E-state index in [9.17, 15) is 0 Å². The van der Waals surface area contributed by atoms with Gasteiger partial charge in [0.1, 0.15) is 0 Å². The molecule has 0 bridgehead atoms. The summed E-state index contributed by atoms with van der Waals surface area (Å²) in [5.41, 5.74) is 6.27. The lowest BCUT2D eigenvalue weighted by atomic mass is 9.90. The average molecular weight is 231 g/mol. The highest BCUT2D eigenvalue weighted by Crippen LogP contribution is 2.41. The molecule has 3 heteroatoms. The molecule has 0 aromatic carbocycles. The lowest BCUT2D eigenvalue weighted by Crippen LogP contribution is -2.42. The molecule has 0 radical (unpaired) electrons. The monoisotopic (exact) mass is 231 g/mol. The van der Waals surface area contributed by atoms with Crippen LogP contribution in [0.4, 0.5) is 0 Å². The summed E-state index contributed by atoms with van der Waals surface area (Å²) >= 11 is 2.05. The number of nitrogens with two attached hydrogens (primary N) is 1. The molecule has 2 atom stereocenters. The molecule has 0 spiro atoms. The van der Waals surface area contributed by atoms with Crippen LogP contribution in [0.25, 0.3) is 0 Å². The zero-order valence-electron chi connectivity index (χ0n) is 10.5. The van der Waals surface area contributed by atoms with E-state index in [1.54, 1.807) is 7.11 Å². The Morgan fingerprint density at radius 2 is 2.20 bits per heavy atom. The largest absolute Gasteiger partial charge is 0.379 e. The van der Waals surface area contributed by atoms with Gasteiger partial charge in [0.15, 0.2) is 0 Å². The number of hydrogen-bond acceptors (Lipinski definition) is 3. The average Bonchev–Trinajstić information content (AvgIpc) is 2.63. The van der Waals surface area contributed by atoms with E-state index in [1.807, 2.05) is 11.8 Å². The molecule has 1 fully saturated rings. The van der Waals surface area contributed by atoms with Crippen molar-refractivity contribution in [3.63, 3.8) is 0 Å². The van der Waals surface area contributed by atoms with E-state index >= 15 is 0 Å². The zero-order chi connectivity index (χ0) is 11.5. The minimum absolute atomic E-state index is 0.0305. The van der Waals surface area contributed by atoms with Crippen molar-refractivity contribution in [2.24, 2.45) is 5.73 Å². The maximum absolute atomic E-state index is 6.30. The van der Waals surface area contributed by atoms with Crippen LogP contribution in [0.15, 0.2) is 0 Å². The van der Waals surface area contributed by atoms with Crippen LogP contribution in [0.2, 0.25) is 0 Å². The topological polar surface area (TPSA) is 35.2 Å². The van der Waals surface area contributed by atoms with Gasteiger partial charge in [-0.15, -0.1) is 0 Å². The molecule has 0 aliphatic carbocycles. The van der Waals surface area contributed by atoms with Crippen LogP contribution in [0.3, 0.4) is 0 Å². The highest BCUT2D eigenvalue weighted by molar-refractivity contribution is 8.00. The maximum atomic E-state index is 6.30. The van der Waals surface area contributed by atoms with Crippen LogP contribution in [0, 0.1) is 0 Å². The number of methoxy groups -OCH3 is 1. The fourth-order valence-electron chi connectivity index (χ4n) is 2.00. The zero-order valence-corrected chi connectivity index (χ0v) is 11.3. The van der Waals surface area contributed by atoms with Gasteiger partial charge in [-0.05, 0) is 52.2 Å². The van der Waals surface area contributed by atoms with Crippen molar-refractivity contribution in [3.05, 3.63) is 0 Å². The van der Waals surface area contributed by atoms with Crippen LogP contribution >= 0.6 is 11.8 Å². The van der Waals surface area contributed by atoms with Crippen molar-refractivity contribution >= 4 is 11.8 Å². The van der Waals surface area contributed by atoms with Crippen LogP contribution in [-0.2, 0) is 4.74 Å². The minimum Gasteiger partial charge on any atom is -0.379 e. The molecule has 0 saturated carbocycles. The molecule has 2 N–H and O–H groups in total. The van der Waals surface area contributed by atoms with Gasteiger partial charge in [-0.3, -0.25) is 0 Å². The standard InChI is InChI=1S/C12H25NOS/c1-11(2,14-4)8-6-10(13)12(3)7-5-9-15-12/h10H,5-9,13H2,1-4H3. The summed E-state index contributed by atoms with van der Waals surface area (Å²) in [6, 6.07) is 0.305. The Balaban J connectivity index is 2.38. The molecule has 0 aromatic heterocycles. The smallest absolute Gasteiger partial charge is 0.0623 e. The van der Waals surface area contributed by atoms with Gasteiger partial charge in [0.25, 0.3) is 0 Å². The molecular weight excluding hydrogens is 206 g/mol. The van der Waals surface area contributed by atoms with Gasteiger partial charge in [-0.1, -0.05) is 0 Å². The molecule has 15 heavy (non-hydrogen) atoms. The van der Waals surface area contributed by atoms with Gasteiger partial charge in [-0.25, -0.2) is 0 Å². The number of hydrogen-bond donors (Lipinski definition) is 1. The van der Waals surface area contributed by atoms with Crippen LogP contribution in [0.1, 0.15) is 46.5 Å². The van der Waals surface area contributed by atoms with Gasteiger partial charge >= 0.3 is 0 Å². The fraction of sp³-hybridized carbons (Fsp3) is 1.00. The first-order valence-corrected chi connectivity index (χ1v) is 6.83. The van der Waals surface area contributed by atoms with Gasteiger partial charge in [-0.2, -0.15) is 11.8 Å². The van der Waals surface area contributed by atoms with E-state index in [0.717, 1.165) is 12.8 Å². The summed E-state index contributed by atoms with van der Waals surface area (Å²) in [6.07, 6.45) is 4.69. The maximum Gasteiger partial charge on any atom is 0.0623 e. The van der Waals surface area contributed by atoms with Gasteiger partial charge < -0.3 is 10.5 Å². The van der Waals surface area contributed by atoms with Crippen molar-refractivity contribution in [2.45, 2.75) is 62.8 Å². The third-order valence-electron chi connectivity index (χ3n) is 3.64. The second kappa shape index (κ2) is 5.07. The quantitative estimate of drug-likeness (QED) is 0.790. The van der Waals surface area contributed by atoms with Crippen molar-refractivity contribution in [3.8, 4) is 0 Å². The van der Waals surface area contributed by atoms with Crippen molar-refractivity contribution in [1.29, 1.82) is 0 Å². The highest BCUT2D eigenvalue weighted by Gasteiger charge is 2.36. The lowest BCUT2D eigenvalue weighted by molar-refractivity contribution is 0.0118. The Hall–Kier alpha value is 0.270. The van der Waals surface area contributed by atoms with E-state index in [0.29, 0.717) is 10.8 Å². The second-order valence-electron chi connectivity index (χ2n) is 5.37. The first-order chi connectivity index (χ1) is 6.90. The number of rotatable bonds is 5. The van der Waals surface area contributed by atoms with E-state index in [-0.39, 0.29) is 5.60 Å². The normalized spacial score (nSPS) is 29.4. The molecule has 90 valence electrons. The Bertz CT molecular complexity index is 200. The molecule has 1 aliphatic heterocycles. The van der Waals surface area contributed by atoms with E-state index < -0.39 is 0 Å². The minimum atomic E-state index is -0.0305. The van der Waals surface area contributed by atoms with Crippen LogP contribution < -0.4 is 5.73 Å². The predicted molar refractivity (Wildman–Crippen MR) is 68.4 cm³/mol. The Morgan fingerprint density at radius 3 is 2.67 bits per heavy atom. The molecule has 1 saturated heterocycles. The van der Waals surface area contributed by atoms with Crippen molar-refractivity contribution in [2.75, 3.05) is 12.9 Å². The molecular formula is C12H25NOS.